The van der Waals surface area contributed by atoms with E-state index in [1.54, 1.807) is 24.3 Å². The fourth-order valence-corrected chi connectivity index (χ4v) is 1.89. The fraction of sp³-hybridized carbons (Fsp3) is 0.133. The molecule has 2 aromatic rings. The number of halogens is 4. The zero-order valence-electron chi connectivity index (χ0n) is 11.4. The van der Waals surface area contributed by atoms with Crippen LogP contribution in [0, 0.1) is 17.5 Å². The summed E-state index contributed by atoms with van der Waals surface area (Å²) in [5.41, 5.74) is -0.449. The van der Waals surface area contributed by atoms with Crippen LogP contribution < -0.4 is 10.1 Å². The summed E-state index contributed by atoms with van der Waals surface area (Å²) in [6, 6.07) is 8.42. The van der Waals surface area contributed by atoms with Crippen molar-refractivity contribution in [2.45, 2.75) is 13.0 Å². The number of carbonyl (C=O) groups is 1. The highest BCUT2D eigenvalue weighted by atomic mass is 79.9. The van der Waals surface area contributed by atoms with Gasteiger partial charge in [-0.05, 0) is 43.3 Å². The summed E-state index contributed by atoms with van der Waals surface area (Å²) in [6.07, 6.45) is -0.950. The lowest BCUT2D eigenvalue weighted by molar-refractivity contribution is -0.122. The Morgan fingerprint density at radius 2 is 1.73 bits per heavy atom. The van der Waals surface area contributed by atoms with Crippen LogP contribution in [0.5, 0.6) is 5.75 Å². The van der Waals surface area contributed by atoms with Crippen LogP contribution >= 0.6 is 15.9 Å². The largest absolute Gasteiger partial charge is 0.481 e. The van der Waals surface area contributed by atoms with Crippen molar-refractivity contribution in [3.63, 3.8) is 0 Å². The van der Waals surface area contributed by atoms with Gasteiger partial charge in [-0.25, -0.2) is 13.2 Å². The summed E-state index contributed by atoms with van der Waals surface area (Å²) in [7, 11) is 0. The molecular formula is C15H11BrF3NO2. The van der Waals surface area contributed by atoms with E-state index < -0.39 is 35.2 Å². The Morgan fingerprint density at radius 1 is 1.09 bits per heavy atom. The molecule has 1 atom stereocenters. The molecule has 0 bridgehead atoms. The van der Waals surface area contributed by atoms with E-state index in [1.807, 2.05) is 0 Å². The maximum absolute atomic E-state index is 13.5. The van der Waals surface area contributed by atoms with Gasteiger partial charge in [0.25, 0.3) is 5.91 Å². The lowest BCUT2D eigenvalue weighted by atomic mass is 10.2. The minimum atomic E-state index is -1.64. The van der Waals surface area contributed by atoms with Gasteiger partial charge in [0, 0.05) is 4.47 Å². The van der Waals surface area contributed by atoms with Crippen molar-refractivity contribution >= 4 is 27.5 Å². The molecule has 116 valence electrons. The summed E-state index contributed by atoms with van der Waals surface area (Å²) in [5, 5.41) is 2.15. The van der Waals surface area contributed by atoms with E-state index in [0.29, 0.717) is 5.75 Å². The number of rotatable bonds is 4. The van der Waals surface area contributed by atoms with Gasteiger partial charge < -0.3 is 10.1 Å². The molecule has 22 heavy (non-hydrogen) atoms. The van der Waals surface area contributed by atoms with Gasteiger partial charge in [0.05, 0.1) is 5.69 Å². The number of hydrogen-bond acceptors (Lipinski definition) is 2. The Hall–Kier alpha value is -2.02. The maximum Gasteiger partial charge on any atom is 0.265 e. The molecular weight excluding hydrogens is 363 g/mol. The normalized spacial score (nSPS) is 11.9. The van der Waals surface area contributed by atoms with Crippen LogP contribution in [0.3, 0.4) is 0 Å². The van der Waals surface area contributed by atoms with Crippen molar-refractivity contribution < 1.29 is 22.7 Å². The molecule has 1 unspecified atom stereocenters. The molecule has 0 saturated carbocycles. The molecule has 0 aromatic heterocycles. The zero-order chi connectivity index (χ0) is 16.3. The fourth-order valence-electron chi connectivity index (χ4n) is 1.63. The van der Waals surface area contributed by atoms with Gasteiger partial charge in [-0.15, -0.1) is 0 Å². The Balaban J connectivity index is 2.05. The average molecular weight is 374 g/mol. The van der Waals surface area contributed by atoms with Crippen LogP contribution in [0.25, 0.3) is 0 Å². The highest BCUT2D eigenvalue weighted by Gasteiger charge is 2.19. The van der Waals surface area contributed by atoms with Gasteiger partial charge >= 0.3 is 0 Å². The van der Waals surface area contributed by atoms with Gasteiger partial charge in [-0.1, -0.05) is 15.9 Å². The molecule has 1 N–H and O–H groups in total. The second-order valence-corrected chi connectivity index (χ2v) is 5.34. The number of carbonyl (C=O) groups excluding carboxylic acids is 1. The Labute approximate surface area is 133 Å². The molecule has 0 fully saturated rings. The average Bonchev–Trinajstić information content (AvgIpc) is 2.50. The molecule has 0 spiro atoms. The quantitative estimate of drug-likeness (QED) is 0.812. The second kappa shape index (κ2) is 6.83. The van der Waals surface area contributed by atoms with E-state index in [1.165, 1.54) is 6.92 Å². The lowest BCUT2D eigenvalue weighted by Crippen LogP contribution is -2.30. The number of nitrogens with one attached hydrogen (secondary N) is 1. The molecule has 7 heteroatoms. The van der Waals surface area contributed by atoms with Gasteiger partial charge in [0.2, 0.25) is 0 Å². The van der Waals surface area contributed by atoms with Crippen LogP contribution in [-0.4, -0.2) is 12.0 Å². The molecule has 2 rings (SSSR count). The SMILES string of the molecule is CC(Oc1ccc(Br)cc1)C(=O)Nc1ccc(F)c(F)c1F. The molecule has 0 heterocycles. The summed E-state index contributed by atoms with van der Waals surface area (Å²) in [5.74, 6) is -4.66. The first-order chi connectivity index (χ1) is 10.4. The van der Waals surface area contributed by atoms with Crippen LogP contribution in [-0.2, 0) is 4.79 Å². The van der Waals surface area contributed by atoms with Crippen molar-refractivity contribution in [1.82, 2.24) is 0 Å². The van der Waals surface area contributed by atoms with E-state index >= 15 is 0 Å². The Bertz CT molecular complexity index is 692. The van der Waals surface area contributed by atoms with Crippen LogP contribution in [0.2, 0.25) is 0 Å². The van der Waals surface area contributed by atoms with Gasteiger partial charge in [-0.2, -0.15) is 0 Å². The number of benzene rings is 2. The number of amides is 1. The first-order valence-electron chi connectivity index (χ1n) is 6.25. The molecule has 3 nitrogen and oxygen atoms in total. The Morgan fingerprint density at radius 3 is 2.36 bits per heavy atom. The number of ether oxygens (including phenoxy) is 1. The minimum absolute atomic E-state index is 0.441. The zero-order valence-corrected chi connectivity index (χ0v) is 13.0. The monoisotopic (exact) mass is 373 g/mol. The summed E-state index contributed by atoms with van der Waals surface area (Å²) in [6.45, 7) is 1.45. The van der Waals surface area contributed by atoms with E-state index in [0.717, 1.165) is 16.6 Å². The van der Waals surface area contributed by atoms with Crippen molar-refractivity contribution in [3.05, 3.63) is 58.3 Å². The summed E-state index contributed by atoms with van der Waals surface area (Å²) < 4.78 is 45.6. The molecule has 2 aromatic carbocycles. The van der Waals surface area contributed by atoms with Crippen molar-refractivity contribution in [3.8, 4) is 5.75 Å². The molecule has 0 aliphatic heterocycles. The molecule has 1 amide bonds. The third-order valence-corrected chi connectivity index (χ3v) is 3.32. The van der Waals surface area contributed by atoms with Crippen LogP contribution in [0.15, 0.2) is 40.9 Å². The molecule has 0 radical (unpaired) electrons. The topological polar surface area (TPSA) is 38.3 Å². The Kier molecular flexibility index (Phi) is 5.07. The smallest absolute Gasteiger partial charge is 0.265 e. The first kappa shape index (κ1) is 16.4. The highest BCUT2D eigenvalue weighted by molar-refractivity contribution is 9.10. The standard InChI is InChI=1S/C15H11BrF3NO2/c1-8(22-10-4-2-9(16)3-5-10)15(21)20-12-7-6-11(17)13(18)14(12)19/h2-8H,1H3,(H,20,21). The molecule has 0 aliphatic rings. The van der Waals surface area contributed by atoms with E-state index in [2.05, 4.69) is 21.2 Å². The van der Waals surface area contributed by atoms with Crippen molar-refractivity contribution in [2.24, 2.45) is 0 Å². The first-order valence-corrected chi connectivity index (χ1v) is 7.04. The highest BCUT2D eigenvalue weighted by Crippen LogP contribution is 2.21. The minimum Gasteiger partial charge on any atom is -0.481 e. The van der Waals surface area contributed by atoms with Gasteiger partial charge in [-0.3, -0.25) is 4.79 Å². The van der Waals surface area contributed by atoms with E-state index in [-0.39, 0.29) is 0 Å². The van der Waals surface area contributed by atoms with E-state index in [4.69, 9.17) is 4.74 Å². The van der Waals surface area contributed by atoms with Gasteiger partial charge in [0.1, 0.15) is 5.75 Å². The van der Waals surface area contributed by atoms with E-state index in [9.17, 15) is 18.0 Å². The predicted molar refractivity (Wildman–Crippen MR) is 79.2 cm³/mol. The summed E-state index contributed by atoms with van der Waals surface area (Å²) in [4.78, 5) is 11.9. The maximum atomic E-state index is 13.5. The van der Waals surface area contributed by atoms with Gasteiger partial charge in [0.15, 0.2) is 23.6 Å². The van der Waals surface area contributed by atoms with Crippen LogP contribution in [0.1, 0.15) is 6.92 Å². The molecule has 0 aliphatic carbocycles. The van der Waals surface area contributed by atoms with Crippen LogP contribution in [0.4, 0.5) is 18.9 Å². The summed E-state index contributed by atoms with van der Waals surface area (Å²) >= 11 is 3.26. The van der Waals surface area contributed by atoms with Crippen molar-refractivity contribution in [2.75, 3.05) is 5.32 Å². The second-order valence-electron chi connectivity index (χ2n) is 4.43. The predicted octanol–water partition coefficient (Wildman–Crippen LogP) is 4.27. The van der Waals surface area contributed by atoms with Crippen molar-refractivity contribution in [1.29, 1.82) is 0 Å². The molecule has 0 saturated heterocycles. The lowest BCUT2D eigenvalue weighted by Gasteiger charge is -2.15. The third kappa shape index (κ3) is 3.79. The third-order valence-electron chi connectivity index (χ3n) is 2.79. The number of hydrogen-bond donors (Lipinski definition) is 1. The number of anilines is 1.